The summed E-state index contributed by atoms with van der Waals surface area (Å²) in [5.74, 6) is 1.10. The van der Waals surface area contributed by atoms with E-state index < -0.39 is 8.07 Å². The fourth-order valence-electron chi connectivity index (χ4n) is 3.75. The summed E-state index contributed by atoms with van der Waals surface area (Å²) in [6.45, 7) is 2.34. The van der Waals surface area contributed by atoms with Gasteiger partial charge in [-0.3, -0.25) is 0 Å². The molecule has 3 heteroatoms. The maximum absolute atomic E-state index is 2.49. The maximum atomic E-state index is 2.49. The normalized spacial score (nSPS) is 17.6. The quantitative estimate of drug-likeness (QED) is 0.478. The van der Waals surface area contributed by atoms with Gasteiger partial charge in [0.05, 0.1) is 4.58 Å². The third kappa shape index (κ3) is 3.20. The first-order valence-electron chi connectivity index (χ1n) is 8.97. The van der Waals surface area contributed by atoms with Crippen LogP contribution in [-0.4, -0.2) is 18.4 Å². The van der Waals surface area contributed by atoms with E-state index in [-0.39, 0.29) is 0 Å². The minimum atomic E-state index is -2.25. The Hall–Kier alpha value is -1.68. The molecule has 1 atom stereocenters. The van der Waals surface area contributed by atoms with Crippen molar-refractivity contribution in [2.75, 3.05) is 5.75 Å². The van der Waals surface area contributed by atoms with E-state index in [0.717, 1.165) is 5.75 Å². The van der Waals surface area contributed by atoms with Crippen molar-refractivity contribution in [2.24, 2.45) is 0 Å². The highest BCUT2D eigenvalue weighted by Crippen LogP contribution is 2.39. The molecule has 0 amide bonds. The lowest BCUT2D eigenvalue weighted by Gasteiger charge is -2.38. The van der Waals surface area contributed by atoms with Crippen molar-refractivity contribution in [3.05, 3.63) is 102 Å². The minimum Gasteiger partial charge on any atom is -0.143 e. The van der Waals surface area contributed by atoms with Crippen LogP contribution in [0.3, 0.4) is 0 Å². The standard InChI is InChI=1S/C23H22S2Si/c1-19-24-18-17-23(25-19)26(20-11-5-2-6-12-20,21-13-7-3-8-14-21)22-15-9-4-10-16-22/h2-17,19H,18H2,1H3. The van der Waals surface area contributed by atoms with Gasteiger partial charge in [-0.1, -0.05) is 97.1 Å². The molecule has 1 aliphatic rings. The first-order chi connectivity index (χ1) is 12.8. The molecule has 0 bridgehead atoms. The van der Waals surface area contributed by atoms with Crippen LogP contribution in [0.25, 0.3) is 0 Å². The summed E-state index contributed by atoms with van der Waals surface area (Å²) in [4.78, 5) is 0. The van der Waals surface area contributed by atoms with E-state index >= 15 is 0 Å². The summed E-state index contributed by atoms with van der Waals surface area (Å²) in [5.41, 5.74) is 0. The monoisotopic (exact) mass is 390 g/mol. The Labute approximate surface area is 165 Å². The van der Waals surface area contributed by atoms with Crippen LogP contribution >= 0.6 is 23.5 Å². The highest BCUT2D eigenvalue weighted by Gasteiger charge is 2.44. The molecule has 0 saturated carbocycles. The number of thioether (sulfide) groups is 2. The Morgan fingerprint density at radius 1 is 0.692 bits per heavy atom. The van der Waals surface area contributed by atoms with Crippen LogP contribution in [0.1, 0.15) is 6.92 Å². The van der Waals surface area contributed by atoms with Gasteiger partial charge in [-0.2, -0.15) is 0 Å². The molecule has 26 heavy (non-hydrogen) atoms. The van der Waals surface area contributed by atoms with Crippen LogP contribution in [0.2, 0.25) is 0 Å². The lowest BCUT2D eigenvalue weighted by Crippen LogP contribution is -2.68. The van der Waals surface area contributed by atoms with E-state index in [4.69, 9.17) is 0 Å². The van der Waals surface area contributed by atoms with Gasteiger partial charge in [-0.25, -0.2) is 0 Å². The van der Waals surface area contributed by atoms with Gasteiger partial charge >= 0.3 is 0 Å². The van der Waals surface area contributed by atoms with Gasteiger partial charge < -0.3 is 0 Å². The average Bonchev–Trinajstić information content (AvgIpc) is 2.71. The smallest absolute Gasteiger partial charge is 0.143 e. The Balaban J connectivity index is 2.06. The van der Waals surface area contributed by atoms with Crippen LogP contribution in [0.4, 0.5) is 0 Å². The van der Waals surface area contributed by atoms with Gasteiger partial charge in [0.2, 0.25) is 0 Å². The van der Waals surface area contributed by atoms with Crippen molar-refractivity contribution in [2.45, 2.75) is 11.5 Å². The summed E-state index contributed by atoms with van der Waals surface area (Å²) in [5, 5.41) is 4.40. The van der Waals surface area contributed by atoms with Crippen molar-refractivity contribution < 1.29 is 0 Å². The fourth-order valence-corrected chi connectivity index (χ4v) is 12.8. The zero-order chi connectivity index (χ0) is 17.8. The highest BCUT2D eigenvalue weighted by molar-refractivity contribution is 8.20. The topological polar surface area (TPSA) is 0 Å². The van der Waals surface area contributed by atoms with Gasteiger partial charge in [-0.05, 0) is 27.0 Å². The van der Waals surface area contributed by atoms with Crippen molar-refractivity contribution >= 4 is 47.2 Å². The fraction of sp³-hybridized carbons (Fsp3) is 0.130. The molecule has 4 rings (SSSR count). The molecule has 0 aromatic heterocycles. The second-order valence-corrected chi connectivity index (χ2v) is 13.6. The van der Waals surface area contributed by atoms with Crippen LogP contribution in [0.5, 0.6) is 0 Å². The molecule has 1 heterocycles. The molecule has 0 radical (unpaired) electrons. The van der Waals surface area contributed by atoms with E-state index in [1.807, 2.05) is 11.8 Å². The van der Waals surface area contributed by atoms with Gasteiger partial charge in [0.1, 0.15) is 0 Å². The number of rotatable bonds is 4. The van der Waals surface area contributed by atoms with Gasteiger partial charge in [-0.15, -0.1) is 23.5 Å². The van der Waals surface area contributed by atoms with Crippen molar-refractivity contribution in [3.8, 4) is 0 Å². The molecule has 0 nitrogen and oxygen atoms in total. The molecule has 3 aromatic carbocycles. The molecule has 1 aliphatic heterocycles. The SMILES string of the molecule is CC1SCC=C([Si](c2ccccc2)(c2ccccc2)c2ccccc2)S1. The lowest BCUT2D eigenvalue weighted by atomic mass is 10.3. The molecular formula is C23H22S2Si. The second-order valence-electron chi connectivity index (χ2n) is 6.44. The average molecular weight is 391 g/mol. The number of hydrogen-bond acceptors (Lipinski definition) is 2. The van der Waals surface area contributed by atoms with E-state index in [1.165, 1.54) is 15.6 Å². The molecule has 0 fully saturated rings. The van der Waals surface area contributed by atoms with E-state index in [0.29, 0.717) is 4.58 Å². The first-order valence-corrected chi connectivity index (χ1v) is 12.9. The maximum Gasteiger partial charge on any atom is 0.186 e. The summed E-state index contributed by atoms with van der Waals surface area (Å²) in [6, 6.07) is 33.5. The zero-order valence-corrected chi connectivity index (χ0v) is 17.5. The Kier molecular flexibility index (Phi) is 5.39. The van der Waals surface area contributed by atoms with Gasteiger partial charge in [0.25, 0.3) is 0 Å². The third-order valence-corrected chi connectivity index (χ3v) is 13.0. The summed E-state index contributed by atoms with van der Waals surface area (Å²) < 4.78 is 2.17. The molecule has 1 unspecified atom stereocenters. The molecule has 3 aromatic rings. The van der Waals surface area contributed by atoms with Crippen LogP contribution in [0, 0.1) is 0 Å². The third-order valence-electron chi connectivity index (χ3n) is 4.88. The van der Waals surface area contributed by atoms with Crippen molar-refractivity contribution in [1.82, 2.24) is 0 Å². The number of hydrogen-bond donors (Lipinski definition) is 0. The zero-order valence-electron chi connectivity index (χ0n) is 14.8. The molecular weight excluding hydrogens is 368 g/mol. The minimum absolute atomic E-state index is 0.595. The Morgan fingerprint density at radius 3 is 1.50 bits per heavy atom. The Bertz CT molecular complexity index is 779. The first kappa shape index (κ1) is 17.7. The Morgan fingerprint density at radius 2 is 1.12 bits per heavy atom. The van der Waals surface area contributed by atoms with Crippen LogP contribution < -0.4 is 15.6 Å². The predicted octanol–water partition coefficient (Wildman–Crippen LogP) is 4.41. The van der Waals surface area contributed by atoms with Crippen LogP contribution in [-0.2, 0) is 0 Å². The molecule has 130 valence electrons. The lowest BCUT2D eigenvalue weighted by molar-refractivity contribution is 1.41. The molecule has 0 N–H and O–H groups in total. The highest BCUT2D eigenvalue weighted by atomic mass is 32.2. The number of benzene rings is 3. The van der Waals surface area contributed by atoms with E-state index in [1.54, 1.807) is 4.53 Å². The van der Waals surface area contributed by atoms with Crippen molar-refractivity contribution in [1.29, 1.82) is 0 Å². The summed E-state index contributed by atoms with van der Waals surface area (Å²) >= 11 is 4.10. The molecule has 0 spiro atoms. The second kappa shape index (κ2) is 7.91. The van der Waals surface area contributed by atoms with E-state index in [9.17, 15) is 0 Å². The predicted molar refractivity (Wildman–Crippen MR) is 122 cm³/mol. The van der Waals surface area contributed by atoms with Crippen LogP contribution in [0.15, 0.2) is 102 Å². The summed E-state index contributed by atoms with van der Waals surface area (Å²) in [6.07, 6.45) is 2.49. The molecule has 0 saturated heterocycles. The van der Waals surface area contributed by atoms with E-state index in [2.05, 4.69) is 116 Å². The van der Waals surface area contributed by atoms with Gasteiger partial charge in [0.15, 0.2) is 8.07 Å². The summed E-state index contributed by atoms with van der Waals surface area (Å²) in [7, 11) is -2.25. The largest absolute Gasteiger partial charge is 0.186 e. The van der Waals surface area contributed by atoms with Crippen molar-refractivity contribution in [3.63, 3.8) is 0 Å². The molecule has 0 aliphatic carbocycles. The van der Waals surface area contributed by atoms with Gasteiger partial charge in [0, 0.05) is 5.75 Å².